The normalized spacial score (nSPS) is 11.0. The molecule has 0 aliphatic rings. The Morgan fingerprint density at radius 3 is 2.24 bits per heavy atom. The van der Waals surface area contributed by atoms with Crippen LogP contribution in [0.3, 0.4) is 0 Å². The molecule has 37 heavy (non-hydrogen) atoms. The van der Waals surface area contributed by atoms with E-state index in [2.05, 4.69) is 10.1 Å². The lowest BCUT2D eigenvalue weighted by Gasteiger charge is -2.25. The zero-order valence-corrected chi connectivity index (χ0v) is 22.1. The predicted octanol–water partition coefficient (Wildman–Crippen LogP) is 4.77. The van der Waals surface area contributed by atoms with Gasteiger partial charge in [-0.2, -0.15) is 0 Å². The van der Waals surface area contributed by atoms with Crippen LogP contribution >= 0.6 is 23.2 Å². The molecule has 0 saturated heterocycles. The van der Waals surface area contributed by atoms with E-state index in [4.69, 9.17) is 32.7 Å². The van der Waals surface area contributed by atoms with Gasteiger partial charge < -0.3 is 19.5 Å². The molecule has 0 atom stereocenters. The minimum atomic E-state index is -4.42. The first-order chi connectivity index (χ1) is 17.5. The quantitative estimate of drug-likeness (QED) is 0.369. The lowest BCUT2D eigenvalue weighted by molar-refractivity contribution is -0.114. The maximum atomic E-state index is 13.8. The molecule has 13 heteroatoms. The second-order valence-electron chi connectivity index (χ2n) is 7.36. The molecular formula is C24H21Cl2FN2O7S. The summed E-state index contributed by atoms with van der Waals surface area (Å²) in [5, 5.41) is 2.23. The third-order valence-electron chi connectivity index (χ3n) is 5.08. The van der Waals surface area contributed by atoms with Gasteiger partial charge in [0.25, 0.3) is 10.0 Å². The minimum absolute atomic E-state index is 0.0511. The first-order valence-corrected chi connectivity index (χ1v) is 12.6. The third-order valence-corrected chi connectivity index (χ3v) is 7.47. The van der Waals surface area contributed by atoms with Gasteiger partial charge in [0.2, 0.25) is 5.91 Å². The fourth-order valence-electron chi connectivity index (χ4n) is 3.25. The number of amides is 1. The van der Waals surface area contributed by atoms with E-state index in [1.54, 1.807) is 0 Å². The van der Waals surface area contributed by atoms with Crippen LogP contribution in [-0.4, -0.2) is 48.2 Å². The molecule has 3 aromatic carbocycles. The average molecular weight is 571 g/mol. The number of carbonyl (C=O) groups excluding carboxylic acids is 2. The number of hydrogen-bond acceptors (Lipinski definition) is 7. The Morgan fingerprint density at radius 2 is 1.62 bits per heavy atom. The van der Waals surface area contributed by atoms with Crippen LogP contribution in [-0.2, 0) is 19.6 Å². The number of hydrogen-bond donors (Lipinski definition) is 1. The minimum Gasteiger partial charge on any atom is -0.493 e. The molecule has 0 heterocycles. The fraction of sp³-hybridized carbons (Fsp3) is 0.167. The molecule has 0 radical (unpaired) electrons. The largest absolute Gasteiger partial charge is 0.493 e. The van der Waals surface area contributed by atoms with Crippen LogP contribution in [0.1, 0.15) is 10.4 Å². The number of anilines is 2. The average Bonchev–Trinajstić information content (AvgIpc) is 2.89. The number of nitrogens with one attached hydrogen (secondary N) is 1. The molecule has 0 bridgehead atoms. The van der Waals surface area contributed by atoms with Crippen LogP contribution in [0.2, 0.25) is 10.0 Å². The van der Waals surface area contributed by atoms with Gasteiger partial charge in [-0.25, -0.2) is 17.6 Å². The van der Waals surface area contributed by atoms with Crippen molar-refractivity contribution < 1.29 is 36.6 Å². The summed E-state index contributed by atoms with van der Waals surface area (Å²) in [6.07, 6.45) is 0. The molecular weight excluding hydrogens is 550 g/mol. The number of benzene rings is 3. The van der Waals surface area contributed by atoms with Crippen molar-refractivity contribution in [3.8, 4) is 11.5 Å². The Labute approximate surface area is 222 Å². The summed E-state index contributed by atoms with van der Waals surface area (Å²) in [6, 6.07) is 11.2. The highest BCUT2D eigenvalue weighted by Gasteiger charge is 2.29. The summed E-state index contributed by atoms with van der Waals surface area (Å²) < 4.78 is 56.9. The van der Waals surface area contributed by atoms with E-state index in [1.165, 1.54) is 57.7 Å². The Kier molecular flexibility index (Phi) is 8.85. The Balaban J connectivity index is 2.02. The molecule has 0 saturated carbocycles. The monoisotopic (exact) mass is 570 g/mol. The van der Waals surface area contributed by atoms with Crippen molar-refractivity contribution in [2.45, 2.75) is 4.90 Å². The third kappa shape index (κ3) is 6.24. The highest BCUT2D eigenvalue weighted by Crippen LogP contribution is 2.33. The first kappa shape index (κ1) is 28.0. The Bertz CT molecular complexity index is 1450. The molecule has 196 valence electrons. The number of halogens is 3. The number of esters is 1. The summed E-state index contributed by atoms with van der Waals surface area (Å²) in [5.41, 5.74) is 0.0863. The van der Waals surface area contributed by atoms with Crippen LogP contribution in [0.25, 0.3) is 0 Å². The van der Waals surface area contributed by atoms with E-state index < -0.39 is 34.3 Å². The molecule has 3 rings (SSSR count). The number of sulfonamides is 1. The van der Waals surface area contributed by atoms with Crippen molar-refractivity contribution in [1.29, 1.82) is 0 Å². The standard InChI is InChI=1S/C24H21Cl2FN2O7S/c1-34-21-9-6-16(12-22(21)35-2)37(32,33)29(15-5-8-19(27)18(26)11-15)13-23(30)28-20-10-14(24(31)36-3)4-7-17(20)25/h4-12H,13H2,1-3H3,(H,28,30). The van der Waals surface area contributed by atoms with Crippen LogP contribution < -0.4 is 19.1 Å². The van der Waals surface area contributed by atoms with Gasteiger partial charge in [-0.05, 0) is 48.5 Å². The smallest absolute Gasteiger partial charge is 0.337 e. The molecule has 0 unspecified atom stereocenters. The predicted molar refractivity (Wildman–Crippen MR) is 137 cm³/mol. The van der Waals surface area contributed by atoms with Crippen LogP contribution in [0.15, 0.2) is 59.5 Å². The van der Waals surface area contributed by atoms with Gasteiger partial charge in [0.1, 0.15) is 12.4 Å². The first-order valence-electron chi connectivity index (χ1n) is 10.4. The van der Waals surface area contributed by atoms with E-state index >= 15 is 0 Å². The molecule has 3 aromatic rings. The number of carbonyl (C=O) groups is 2. The van der Waals surface area contributed by atoms with Crippen LogP contribution in [0.4, 0.5) is 15.8 Å². The summed E-state index contributed by atoms with van der Waals surface area (Å²) in [5.74, 6) is -1.82. The molecule has 0 fully saturated rings. The number of rotatable bonds is 9. The van der Waals surface area contributed by atoms with Gasteiger partial charge in [0.15, 0.2) is 11.5 Å². The Morgan fingerprint density at radius 1 is 0.919 bits per heavy atom. The molecule has 0 aliphatic heterocycles. The molecule has 0 aromatic heterocycles. The fourth-order valence-corrected chi connectivity index (χ4v) is 5.01. The van der Waals surface area contributed by atoms with Crippen molar-refractivity contribution in [3.05, 3.63) is 76.0 Å². The summed E-state index contributed by atoms with van der Waals surface area (Å²) in [7, 11) is -0.490. The molecule has 9 nitrogen and oxygen atoms in total. The molecule has 1 N–H and O–H groups in total. The van der Waals surface area contributed by atoms with Gasteiger partial charge in [-0.15, -0.1) is 0 Å². The van der Waals surface area contributed by atoms with Gasteiger partial charge in [0, 0.05) is 6.07 Å². The van der Waals surface area contributed by atoms with E-state index in [0.717, 1.165) is 22.5 Å². The lowest BCUT2D eigenvalue weighted by atomic mass is 10.2. The van der Waals surface area contributed by atoms with Gasteiger partial charge in [-0.1, -0.05) is 23.2 Å². The molecule has 0 aliphatic carbocycles. The van der Waals surface area contributed by atoms with Crippen molar-refractivity contribution in [2.75, 3.05) is 37.5 Å². The number of ether oxygens (including phenoxy) is 3. The van der Waals surface area contributed by atoms with E-state index in [1.807, 2.05) is 0 Å². The van der Waals surface area contributed by atoms with E-state index in [-0.39, 0.29) is 43.4 Å². The summed E-state index contributed by atoms with van der Waals surface area (Å²) in [6.45, 7) is -0.753. The lowest BCUT2D eigenvalue weighted by Crippen LogP contribution is -2.38. The second-order valence-corrected chi connectivity index (χ2v) is 10.0. The molecule has 0 spiro atoms. The SMILES string of the molecule is COC(=O)c1ccc(Cl)c(NC(=O)CN(c2ccc(F)c(Cl)c2)S(=O)(=O)c2ccc(OC)c(OC)c2)c1. The van der Waals surface area contributed by atoms with Crippen LogP contribution in [0, 0.1) is 5.82 Å². The van der Waals surface area contributed by atoms with Crippen LogP contribution in [0.5, 0.6) is 11.5 Å². The maximum absolute atomic E-state index is 13.8. The summed E-state index contributed by atoms with van der Waals surface area (Å²) in [4.78, 5) is 24.6. The van der Waals surface area contributed by atoms with E-state index in [9.17, 15) is 22.4 Å². The summed E-state index contributed by atoms with van der Waals surface area (Å²) >= 11 is 12.0. The number of nitrogens with zero attached hydrogens (tertiary/aromatic N) is 1. The van der Waals surface area contributed by atoms with Crippen molar-refractivity contribution in [1.82, 2.24) is 0 Å². The highest BCUT2D eigenvalue weighted by atomic mass is 35.5. The molecule has 1 amide bonds. The van der Waals surface area contributed by atoms with E-state index in [0.29, 0.717) is 0 Å². The van der Waals surface area contributed by atoms with Gasteiger partial charge in [0.05, 0.1) is 53.2 Å². The topological polar surface area (TPSA) is 111 Å². The maximum Gasteiger partial charge on any atom is 0.337 e. The van der Waals surface area contributed by atoms with Crippen molar-refractivity contribution in [2.24, 2.45) is 0 Å². The van der Waals surface area contributed by atoms with Gasteiger partial charge in [-0.3, -0.25) is 9.10 Å². The zero-order chi connectivity index (χ0) is 27.3. The second kappa shape index (κ2) is 11.7. The highest BCUT2D eigenvalue weighted by molar-refractivity contribution is 7.92. The zero-order valence-electron chi connectivity index (χ0n) is 19.8. The van der Waals surface area contributed by atoms with Gasteiger partial charge >= 0.3 is 5.97 Å². The Hall–Kier alpha value is -3.54. The number of methoxy groups -OCH3 is 3. The van der Waals surface area contributed by atoms with Crippen molar-refractivity contribution >= 4 is 56.5 Å². The van der Waals surface area contributed by atoms with Crippen molar-refractivity contribution in [3.63, 3.8) is 0 Å².